The zero-order valence-corrected chi connectivity index (χ0v) is 13.5. The second-order valence-electron chi connectivity index (χ2n) is 6.83. The average Bonchev–Trinajstić information content (AvgIpc) is 2.85. The van der Waals surface area contributed by atoms with Crippen molar-refractivity contribution in [3.05, 3.63) is 0 Å². The first-order chi connectivity index (χ1) is 9.52. The lowest BCUT2D eigenvalue weighted by molar-refractivity contribution is 0.0552. The van der Waals surface area contributed by atoms with E-state index in [1.54, 1.807) is 0 Å². The van der Waals surface area contributed by atoms with Gasteiger partial charge >= 0.3 is 0 Å². The van der Waals surface area contributed by atoms with Crippen molar-refractivity contribution in [2.24, 2.45) is 5.92 Å². The zero-order chi connectivity index (χ0) is 14.8. The van der Waals surface area contributed by atoms with E-state index in [0.29, 0.717) is 18.0 Å². The van der Waals surface area contributed by atoms with E-state index in [-0.39, 0.29) is 5.54 Å². The van der Waals surface area contributed by atoms with E-state index in [1.807, 2.05) is 7.05 Å². The van der Waals surface area contributed by atoms with Crippen LogP contribution in [0.5, 0.6) is 0 Å². The van der Waals surface area contributed by atoms with E-state index in [9.17, 15) is 5.26 Å². The van der Waals surface area contributed by atoms with Gasteiger partial charge in [0.1, 0.15) is 5.54 Å². The maximum atomic E-state index is 9.51. The summed E-state index contributed by atoms with van der Waals surface area (Å²) in [6.45, 7) is 8.08. The molecule has 1 aliphatic heterocycles. The van der Waals surface area contributed by atoms with Gasteiger partial charge in [-0.2, -0.15) is 5.26 Å². The Hall–Kier alpha value is -0.630. The van der Waals surface area contributed by atoms with Gasteiger partial charge in [-0.1, -0.05) is 6.42 Å². The van der Waals surface area contributed by atoms with Crippen molar-refractivity contribution in [1.82, 2.24) is 15.1 Å². The van der Waals surface area contributed by atoms with E-state index in [2.05, 4.69) is 42.1 Å². The number of likely N-dealkylation sites (N-methyl/N-ethyl adjacent to an activating group) is 1. The number of hydrogen-bond acceptors (Lipinski definition) is 4. The molecule has 0 spiro atoms. The van der Waals surface area contributed by atoms with Crippen molar-refractivity contribution in [1.29, 1.82) is 5.26 Å². The third kappa shape index (κ3) is 3.00. The first kappa shape index (κ1) is 15.8. The molecule has 4 nitrogen and oxygen atoms in total. The molecule has 114 valence electrons. The highest BCUT2D eigenvalue weighted by Gasteiger charge is 2.42. The van der Waals surface area contributed by atoms with Crippen LogP contribution in [-0.2, 0) is 0 Å². The van der Waals surface area contributed by atoms with Crippen LogP contribution < -0.4 is 5.32 Å². The molecule has 0 aromatic heterocycles. The molecule has 0 aromatic rings. The van der Waals surface area contributed by atoms with Crippen LogP contribution >= 0.6 is 0 Å². The molecule has 20 heavy (non-hydrogen) atoms. The first-order valence-electron chi connectivity index (χ1n) is 8.07. The highest BCUT2D eigenvalue weighted by atomic mass is 15.3. The number of nitriles is 1. The Morgan fingerprint density at radius 3 is 2.50 bits per heavy atom. The van der Waals surface area contributed by atoms with Crippen LogP contribution in [0.4, 0.5) is 0 Å². The fourth-order valence-electron chi connectivity index (χ4n) is 4.04. The van der Waals surface area contributed by atoms with Crippen LogP contribution in [0.3, 0.4) is 0 Å². The molecule has 1 heterocycles. The molecule has 4 atom stereocenters. The van der Waals surface area contributed by atoms with Gasteiger partial charge in [0.05, 0.1) is 6.07 Å². The molecule has 1 saturated carbocycles. The Balaban J connectivity index is 1.88. The summed E-state index contributed by atoms with van der Waals surface area (Å²) >= 11 is 0. The van der Waals surface area contributed by atoms with Gasteiger partial charge < -0.3 is 10.2 Å². The minimum atomic E-state index is -0.260. The second kappa shape index (κ2) is 6.43. The molecule has 2 aliphatic rings. The van der Waals surface area contributed by atoms with Gasteiger partial charge in [0.25, 0.3) is 0 Å². The Morgan fingerprint density at radius 1 is 1.30 bits per heavy atom. The first-order valence-corrected chi connectivity index (χ1v) is 8.07. The van der Waals surface area contributed by atoms with E-state index in [4.69, 9.17) is 0 Å². The summed E-state index contributed by atoms with van der Waals surface area (Å²) in [5.74, 6) is 0.516. The molecule has 4 heteroatoms. The molecule has 0 aromatic carbocycles. The molecule has 4 unspecified atom stereocenters. The van der Waals surface area contributed by atoms with Crippen molar-refractivity contribution in [2.75, 3.05) is 33.7 Å². The van der Waals surface area contributed by atoms with Gasteiger partial charge in [0, 0.05) is 25.2 Å². The second-order valence-corrected chi connectivity index (χ2v) is 6.83. The molecule has 1 N–H and O–H groups in total. The summed E-state index contributed by atoms with van der Waals surface area (Å²) in [6.07, 6.45) is 4.56. The molecule has 1 saturated heterocycles. The van der Waals surface area contributed by atoms with Gasteiger partial charge in [-0.3, -0.25) is 4.90 Å². The molecular formula is C16H30N4. The van der Waals surface area contributed by atoms with E-state index in [1.165, 1.54) is 12.8 Å². The molecule has 0 radical (unpaired) electrons. The summed E-state index contributed by atoms with van der Waals surface area (Å²) in [6, 6.07) is 3.82. The zero-order valence-electron chi connectivity index (χ0n) is 13.5. The van der Waals surface area contributed by atoms with Gasteiger partial charge in [0.15, 0.2) is 0 Å². The maximum absolute atomic E-state index is 9.51. The number of hydrogen-bond donors (Lipinski definition) is 1. The van der Waals surface area contributed by atoms with Crippen LogP contribution in [0, 0.1) is 17.2 Å². The number of piperazine rings is 1. The van der Waals surface area contributed by atoms with Crippen LogP contribution in [0.2, 0.25) is 0 Å². The van der Waals surface area contributed by atoms with Crippen molar-refractivity contribution in [3.63, 3.8) is 0 Å². The molecule has 2 fully saturated rings. The van der Waals surface area contributed by atoms with Crippen molar-refractivity contribution in [3.8, 4) is 6.07 Å². The molecule has 0 bridgehead atoms. The van der Waals surface area contributed by atoms with Gasteiger partial charge in [-0.15, -0.1) is 0 Å². The lowest BCUT2D eigenvalue weighted by Crippen LogP contribution is -2.55. The number of nitrogens with zero attached hydrogens (tertiary/aromatic N) is 3. The van der Waals surface area contributed by atoms with E-state index >= 15 is 0 Å². The largest absolute Gasteiger partial charge is 0.302 e. The van der Waals surface area contributed by atoms with Crippen LogP contribution in [0.15, 0.2) is 0 Å². The third-order valence-corrected chi connectivity index (χ3v) is 5.70. The monoisotopic (exact) mass is 278 g/mol. The minimum absolute atomic E-state index is 0.260. The highest BCUT2D eigenvalue weighted by Crippen LogP contribution is 2.37. The maximum Gasteiger partial charge on any atom is 0.109 e. The van der Waals surface area contributed by atoms with Crippen LogP contribution in [0.25, 0.3) is 0 Å². The summed E-state index contributed by atoms with van der Waals surface area (Å²) in [5, 5.41) is 12.8. The van der Waals surface area contributed by atoms with E-state index in [0.717, 1.165) is 32.5 Å². The average molecular weight is 278 g/mol. The predicted molar refractivity (Wildman–Crippen MR) is 82.5 cm³/mol. The van der Waals surface area contributed by atoms with Gasteiger partial charge in [-0.05, 0) is 59.7 Å². The Labute approximate surface area is 124 Å². The molecule has 2 rings (SSSR count). The normalized spacial score (nSPS) is 39.9. The van der Waals surface area contributed by atoms with E-state index < -0.39 is 0 Å². The lowest BCUT2D eigenvalue weighted by Gasteiger charge is -2.43. The van der Waals surface area contributed by atoms with Crippen molar-refractivity contribution < 1.29 is 0 Å². The fourth-order valence-corrected chi connectivity index (χ4v) is 4.04. The van der Waals surface area contributed by atoms with Crippen LogP contribution in [0.1, 0.15) is 39.5 Å². The fraction of sp³-hybridized carbons (Fsp3) is 0.938. The van der Waals surface area contributed by atoms with Crippen molar-refractivity contribution >= 4 is 0 Å². The third-order valence-electron chi connectivity index (χ3n) is 5.70. The Bertz CT molecular complexity index is 352. The summed E-state index contributed by atoms with van der Waals surface area (Å²) in [7, 11) is 4.17. The topological polar surface area (TPSA) is 42.3 Å². The minimum Gasteiger partial charge on any atom is -0.302 e. The van der Waals surface area contributed by atoms with Gasteiger partial charge in [-0.25, -0.2) is 0 Å². The summed E-state index contributed by atoms with van der Waals surface area (Å²) in [5.41, 5.74) is -0.260. The predicted octanol–water partition coefficient (Wildman–Crippen LogP) is 1.68. The Morgan fingerprint density at radius 2 is 1.95 bits per heavy atom. The highest BCUT2D eigenvalue weighted by molar-refractivity contribution is 5.13. The molecule has 0 amide bonds. The van der Waals surface area contributed by atoms with Crippen molar-refractivity contribution in [2.45, 2.75) is 57.2 Å². The summed E-state index contributed by atoms with van der Waals surface area (Å²) in [4.78, 5) is 5.06. The Kier molecular flexibility index (Phi) is 5.06. The number of nitrogens with one attached hydrogen (secondary N) is 1. The quantitative estimate of drug-likeness (QED) is 0.849. The lowest BCUT2D eigenvalue weighted by atomic mass is 9.86. The molecule has 1 aliphatic carbocycles. The van der Waals surface area contributed by atoms with Gasteiger partial charge in [0.2, 0.25) is 0 Å². The van der Waals surface area contributed by atoms with Crippen LogP contribution in [-0.4, -0.2) is 61.2 Å². The summed E-state index contributed by atoms with van der Waals surface area (Å²) < 4.78 is 0. The molecular weight excluding hydrogens is 248 g/mol. The standard InChI is InChI=1S/C16H30N4/c1-13-10-20(11-14(2)19(13)4)9-7-15-6-5-8-16(15,12-17)18-3/h13-15,18H,5-11H2,1-4H3. The number of rotatable bonds is 4. The smallest absolute Gasteiger partial charge is 0.109 e. The SMILES string of the molecule is CNC1(C#N)CCCC1CCN1CC(C)N(C)C(C)C1.